The molecule has 1 fully saturated rings. The van der Waals surface area contributed by atoms with Crippen molar-refractivity contribution in [3.05, 3.63) is 35.4 Å². The Bertz CT molecular complexity index is 371. The first-order valence-electron chi connectivity index (χ1n) is 5.54. The topological polar surface area (TPSA) is 44.8 Å². The summed E-state index contributed by atoms with van der Waals surface area (Å²) in [6, 6.07) is 8.02. The van der Waals surface area contributed by atoms with E-state index in [1.807, 2.05) is 24.3 Å². The molecule has 2 rings (SSSR count). The first kappa shape index (κ1) is 12.7. The molecule has 0 aliphatic carbocycles. The second-order valence-electron chi connectivity index (χ2n) is 3.79. The molecule has 0 N–H and O–H groups in total. The van der Waals surface area contributed by atoms with Crippen LogP contribution in [0, 0.1) is 0 Å². The minimum atomic E-state index is -1.19. The van der Waals surface area contributed by atoms with Crippen LogP contribution in [0.3, 0.4) is 0 Å². The maximum absolute atomic E-state index is 10.7. The van der Waals surface area contributed by atoms with Gasteiger partial charge in [-0.3, -0.25) is 4.18 Å². The lowest BCUT2D eigenvalue weighted by Crippen LogP contribution is -2.01. The van der Waals surface area contributed by atoms with Gasteiger partial charge in [0.15, 0.2) is 17.4 Å². The van der Waals surface area contributed by atoms with Gasteiger partial charge in [0.25, 0.3) is 0 Å². The molecule has 5 heteroatoms. The summed E-state index contributed by atoms with van der Waals surface area (Å²) in [5.41, 5.74) is 2.18. The molecule has 0 bridgehead atoms. The lowest BCUT2D eigenvalue weighted by atomic mass is 10.1. The third-order valence-electron chi connectivity index (χ3n) is 2.51. The van der Waals surface area contributed by atoms with Crippen molar-refractivity contribution >= 4 is 11.1 Å². The summed E-state index contributed by atoms with van der Waals surface area (Å²) in [4.78, 5) is 0. The smallest absolute Gasteiger partial charge is 0.184 e. The third-order valence-corrected chi connectivity index (χ3v) is 3.01. The number of hydrogen-bond donors (Lipinski definition) is 0. The van der Waals surface area contributed by atoms with Gasteiger partial charge in [-0.15, -0.1) is 0 Å². The van der Waals surface area contributed by atoms with Crippen molar-refractivity contribution in [1.82, 2.24) is 0 Å². The molecule has 1 aliphatic rings. The Morgan fingerprint density at radius 2 is 1.94 bits per heavy atom. The van der Waals surface area contributed by atoms with Gasteiger partial charge in [0.2, 0.25) is 0 Å². The van der Waals surface area contributed by atoms with Crippen molar-refractivity contribution in [3.63, 3.8) is 0 Å². The minimum absolute atomic E-state index is 0.219. The third kappa shape index (κ3) is 3.89. The van der Waals surface area contributed by atoms with Gasteiger partial charge < -0.3 is 9.47 Å². The van der Waals surface area contributed by atoms with Crippen molar-refractivity contribution in [3.8, 4) is 0 Å². The highest BCUT2D eigenvalue weighted by molar-refractivity contribution is 7.79. The highest BCUT2D eigenvalue weighted by Crippen LogP contribution is 2.23. The van der Waals surface area contributed by atoms with E-state index in [4.69, 9.17) is 13.7 Å². The fourth-order valence-corrected chi connectivity index (χ4v) is 1.99. The minimum Gasteiger partial charge on any atom is -0.346 e. The summed E-state index contributed by atoms with van der Waals surface area (Å²) >= 11 is -1.19. The Morgan fingerprint density at radius 3 is 2.53 bits per heavy atom. The van der Waals surface area contributed by atoms with Gasteiger partial charge in [-0.1, -0.05) is 24.3 Å². The molecule has 1 atom stereocenters. The molecule has 1 heterocycles. The molecule has 0 saturated carbocycles. The van der Waals surface area contributed by atoms with Crippen LogP contribution < -0.4 is 0 Å². The quantitative estimate of drug-likeness (QED) is 0.802. The SMILES string of the molecule is CS(=O)OCCc1ccc(C2OCCO2)cc1. The van der Waals surface area contributed by atoms with Crippen LogP contribution >= 0.6 is 0 Å². The first-order valence-corrected chi connectivity index (χ1v) is 7.03. The van der Waals surface area contributed by atoms with Crippen molar-refractivity contribution < 1.29 is 17.9 Å². The summed E-state index contributed by atoms with van der Waals surface area (Å²) in [5.74, 6) is 0. The van der Waals surface area contributed by atoms with Gasteiger partial charge in [-0.2, -0.15) is 0 Å². The van der Waals surface area contributed by atoms with Crippen LogP contribution in [0.4, 0.5) is 0 Å². The zero-order valence-corrected chi connectivity index (χ0v) is 10.6. The molecular weight excluding hydrogens is 240 g/mol. The molecule has 1 aromatic rings. The summed E-state index contributed by atoms with van der Waals surface area (Å²) in [5, 5.41) is 0. The average molecular weight is 256 g/mol. The van der Waals surface area contributed by atoms with Gasteiger partial charge in [0.05, 0.1) is 19.8 Å². The van der Waals surface area contributed by atoms with Crippen molar-refractivity contribution in [2.75, 3.05) is 26.1 Å². The van der Waals surface area contributed by atoms with Gasteiger partial charge in [0.1, 0.15) is 0 Å². The lowest BCUT2D eigenvalue weighted by Gasteiger charge is -2.09. The highest BCUT2D eigenvalue weighted by Gasteiger charge is 2.17. The molecular formula is C12H16O4S. The van der Waals surface area contributed by atoms with E-state index in [0.717, 1.165) is 17.5 Å². The molecule has 17 heavy (non-hydrogen) atoms. The Balaban J connectivity index is 1.86. The Kier molecular flexibility index (Phi) is 4.67. The zero-order valence-electron chi connectivity index (χ0n) is 9.76. The van der Waals surface area contributed by atoms with Crippen molar-refractivity contribution in [1.29, 1.82) is 0 Å². The van der Waals surface area contributed by atoms with E-state index in [-0.39, 0.29) is 6.29 Å². The Hall–Kier alpha value is -0.750. The van der Waals surface area contributed by atoms with Crippen LogP contribution in [0.15, 0.2) is 24.3 Å². The normalized spacial score (nSPS) is 18.4. The number of benzene rings is 1. The summed E-state index contributed by atoms with van der Waals surface area (Å²) in [6.45, 7) is 1.78. The summed E-state index contributed by atoms with van der Waals surface area (Å²) < 4.78 is 26.5. The van der Waals surface area contributed by atoms with E-state index in [9.17, 15) is 4.21 Å². The zero-order chi connectivity index (χ0) is 12.1. The summed E-state index contributed by atoms with van der Waals surface area (Å²) in [7, 11) is 0. The van der Waals surface area contributed by atoms with Gasteiger partial charge in [0, 0.05) is 11.8 Å². The van der Waals surface area contributed by atoms with E-state index in [1.165, 1.54) is 6.26 Å². The second kappa shape index (κ2) is 6.26. The average Bonchev–Trinajstić information content (AvgIpc) is 2.83. The number of hydrogen-bond acceptors (Lipinski definition) is 4. The van der Waals surface area contributed by atoms with E-state index in [2.05, 4.69) is 0 Å². The van der Waals surface area contributed by atoms with E-state index in [1.54, 1.807) is 0 Å². The van der Waals surface area contributed by atoms with E-state index < -0.39 is 11.1 Å². The van der Waals surface area contributed by atoms with Gasteiger partial charge >= 0.3 is 0 Å². The van der Waals surface area contributed by atoms with E-state index in [0.29, 0.717) is 19.8 Å². The molecule has 4 nitrogen and oxygen atoms in total. The van der Waals surface area contributed by atoms with Crippen molar-refractivity contribution in [2.24, 2.45) is 0 Å². The number of ether oxygens (including phenoxy) is 2. The lowest BCUT2D eigenvalue weighted by molar-refractivity contribution is -0.0441. The molecule has 1 saturated heterocycles. The number of rotatable bonds is 5. The maximum atomic E-state index is 10.7. The van der Waals surface area contributed by atoms with E-state index >= 15 is 0 Å². The highest BCUT2D eigenvalue weighted by atomic mass is 32.2. The predicted octanol–water partition coefficient (Wildman–Crippen LogP) is 1.58. The summed E-state index contributed by atoms with van der Waals surface area (Å²) in [6.07, 6.45) is 2.06. The molecule has 1 unspecified atom stereocenters. The van der Waals surface area contributed by atoms with Crippen LogP contribution in [-0.4, -0.2) is 30.3 Å². The van der Waals surface area contributed by atoms with Crippen LogP contribution in [0.1, 0.15) is 17.4 Å². The van der Waals surface area contributed by atoms with Crippen LogP contribution in [0.25, 0.3) is 0 Å². The molecule has 94 valence electrons. The maximum Gasteiger partial charge on any atom is 0.184 e. The van der Waals surface area contributed by atoms with Gasteiger partial charge in [-0.05, 0) is 12.0 Å². The molecule has 0 radical (unpaired) electrons. The van der Waals surface area contributed by atoms with Gasteiger partial charge in [-0.25, -0.2) is 4.21 Å². The monoisotopic (exact) mass is 256 g/mol. The van der Waals surface area contributed by atoms with Crippen LogP contribution in [0.5, 0.6) is 0 Å². The Morgan fingerprint density at radius 1 is 1.29 bits per heavy atom. The van der Waals surface area contributed by atoms with Crippen LogP contribution in [-0.2, 0) is 31.2 Å². The van der Waals surface area contributed by atoms with Crippen LogP contribution in [0.2, 0.25) is 0 Å². The second-order valence-corrected chi connectivity index (χ2v) is 4.83. The Labute approximate surface area is 104 Å². The van der Waals surface area contributed by atoms with Crippen molar-refractivity contribution in [2.45, 2.75) is 12.7 Å². The molecule has 0 spiro atoms. The molecule has 0 aromatic heterocycles. The molecule has 0 amide bonds. The fraction of sp³-hybridized carbons (Fsp3) is 0.500. The molecule has 1 aliphatic heterocycles. The fourth-order valence-electron chi connectivity index (χ4n) is 1.67. The predicted molar refractivity (Wildman–Crippen MR) is 64.8 cm³/mol. The largest absolute Gasteiger partial charge is 0.346 e. The molecule has 1 aromatic carbocycles. The standard InChI is InChI=1S/C12H16O4S/c1-17(13)16-7-6-10-2-4-11(5-3-10)12-14-8-9-15-12/h2-5,12H,6-9H2,1H3. The first-order chi connectivity index (χ1) is 8.25.